The van der Waals surface area contributed by atoms with E-state index in [2.05, 4.69) is 11.1 Å². The van der Waals surface area contributed by atoms with Crippen molar-refractivity contribution in [2.45, 2.75) is 38.7 Å². The predicted molar refractivity (Wildman–Crippen MR) is 141 cm³/mol. The molecule has 0 atom stereocenters. The third-order valence-electron chi connectivity index (χ3n) is 6.45. The summed E-state index contributed by atoms with van der Waals surface area (Å²) in [6, 6.07) is 26.0. The summed E-state index contributed by atoms with van der Waals surface area (Å²) < 4.78 is 5.76. The van der Waals surface area contributed by atoms with Crippen LogP contribution in [-0.4, -0.2) is 40.0 Å². The van der Waals surface area contributed by atoms with Crippen LogP contribution in [-0.2, 0) is 4.79 Å². The van der Waals surface area contributed by atoms with Gasteiger partial charge in [-0.25, -0.2) is 4.98 Å². The monoisotopic (exact) mass is 465 g/mol. The molecule has 0 unspecified atom stereocenters. The Morgan fingerprint density at radius 1 is 0.971 bits per heavy atom. The van der Waals surface area contributed by atoms with Gasteiger partial charge in [0.1, 0.15) is 11.6 Å². The van der Waals surface area contributed by atoms with Crippen molar-refractivity contribution in [3.8, 4) is 5.75 Å². The van der Waals surface area contributed by atoms with Crippen LogP contribution in [0.1, 0.15) is 49.6 Å². The molecule has 5 rings (SSSR count). The van der Waals surface area contributed by atoms with Gasteiger partial charge in [0.2, 0.25) is 0 Å². The minimum atomic E-state index is 0.0711. The van der Waals surface area contributed by atoms with Crippen LogP contribution in [0.5, 0.6) is 5.75 Å². The van der Waals surface area contributed by atoms with Crippen LogP contribution >= 0.6 is 0 Å². The zero-order valence-corrected chi connectivity index (χ0v) is 20.3. The summed E-state index contributed by atoms with van der Waals surface area (Å²) in [7, 11) is 0. The highest BCUT2D eigenvalue weighted by Gasteiger charge is 2.27. The molecule has 5 heteroatoms. The number of carbonyl (C=O) groups excluding carboxylic acids is 1. The standard InChI is InChI=1S/C30H31N3O2/c1-21(2)35-25-14-12-22(13-15-25)20-26(23-8-4-3-5-9-23)30(34)33-18-16-24(17-19-33)29-31-27-10-6-7-11-28(27)32-29/h3-15,20-21,24H,16-19H2,1-2H3,(H,31,32)/b26-20+. The van der Waals surface area contributed by atoms with Crippen molar-refractivity contribution in [2.24, 2.45) is 0 Å². The van der Waals surface area contributed by atoms with Gasteiger partial charge in [-0.3, -0.25) is 4.79 Å². The Labute approximate surface area is 206 Å². The Hall–Kier alpha value is -3.86. The Balaban J connectivity index is 1.34. The molecule has 1 aliphatic heterocycles. The van der Waals surface area contributed by atoms with E-state index in [1.807, 2.05) is 97.6 Å². The summed E-state index contributed by atoms with van der Waals surface area (Å²) in [5.74, 6) is 2.27. The number of carbonyl (C=O) groups is 1. The number of fused-ring (bicyclic) bond motifs is 1. The van der Waals surface area contributed by atoms with Crippen molar-refractivity contribution in [1.82, 2.24) is 14.9 Å². The SMILES string of the molecule is CC(C)Oc1ccc(/C=C(/C(=O)N2CCC(c3nc4ccccc4[nH]3)CC2)c2ccccc2)cc1. The lowest BCUT2D eigenvalue weighted by atomic mass is 9.94. The average Bonchev–Trinajstić information content (AvgIpc) is 3.33. The maximum absolute atomic E-state index is 13.7. The number of hydrogen-bond acceptors (Lipinski definition) is 3. The molecule has 4 aromatic rings. The highest BCUT2D eigenvalue weighted by Crippen LogP contribution is 2.30. The number of rotatable bonds is 6. The zero-order valence-electron chi connectivity index (χ0n) is 20.3. The fourth-order valence-electron chi connectivity index (χ4n) is 4.66. The van der Waals surface area contributed by atoms with Gasteiger partial charge in [-0.15, -0.1) is 0 Å². The lowest BCUT2D eigenvalue weighted by Crippen LogP contribution is -2.38. The van der Waals surface area contributed by atoms with Gasteiger partial charge < -0.3 is 14.6 Å². The van der Waals surface area contributed by atoms with Crippen LogP contribution < -0.4 is 4.74 Å². The van der Waals surface area contributed by atoms with Gasteiger partial charge in [-0.1, -0.05) is 54.6 Å². The van der Waals surface area contributed by atoms with E-state index in [-0.39, 0.29) is 12.0 Å². The Kier molecular flexibility index (Phi) is 6.66. The molecule has 5 nitrogen and oxygen atoms in total. The molecule has 1 amide bonds. The second-order valence-corrected chi connectivity index (χ2v) is 9.37. The number of aromatic amines is 1. The normalized spacial score (nSPS) is 15.1. The van der Waals surface area contributed by atoms with Gasteiger partial charge in [0.25, 0.3) is 5.91 Å². The summed E-state index contributed by atoms with van der Waals surface area (Å²) in [4.78, 5) is 23.9. The number of amides is 1. The number of imidazole rings is 1. The number of para-hydroxylation sites is 2. The third kappa shape index (κ3) is 5.29. The van der Waals surface area contributed by atoms with Crippen LogP contribution in [0.25, 0.3) is 22.7 Å². The molecule has 0 aliphatic carbocycles. The van der Waals surface area contributed by atoms with E-state index in [1.165, 1.54) is 0 Å². The lowest BCUT2D eigenvalue weighted by Gasteiger charge is -2.32. The van der Waals surface area contributed by atoms with Crippen molar-refractivity contribution in [1.29, 1.82) is 0 Å². The second-order valence-electron chi connectivity index (χ2n) is 9.37. The van der Waals surface area contributed by atoms with Crippen molar-refractivity contribution >= 4 is 28.6 Å². The molecule has 0 radical (unpaired) electrons. The van der Waals surface area contributed by atoms with Crippen LogP contribution in [0.3, 0.4) is 0 Å². The molecule has 1 aliphatic rings. The van der Waals surface area contributed by atoms with E-state index in [0.29, 0.717) is 24.6 Å². The highest BCUT2D eigenvalue weighted by molar-refractivity contribution is 6.24. The number of nitrogens with zero attached hydrogens (tertiary/aromatic N) is 2. The summed E-state index contributed by atoms with van der Waals surface area (Å²) >= 11 is 0. The first-order valence-corrected chi connectivity index (χ1v) is 12.3. The lowest BCUT2D eigenvalue weighted by molar-refractivity contribution is -0.126. The number of hydrogen-bond donors (Lipinski definition) is 1. The first-order valence-electron chi connectivity index (χ1n) is 12.3. The Bertz CT molecular complexity index is 1280. The first kappa shape index (κ1) is 22.9. The van der Waals surface area contributed by atoms with Crippen LogP contribution in [0.15, 0.2) is 78.9 Å². The van der Waals surface area contributed by atoms with Gasteiger partial charge in [-0.05, 0) is 68.2 Å². The van der Waals surface area contributed by atoms with Crippen molar-refractivity contribution in [3.05, 3.63) is 95.8 Å². The van der Waals surface area contributed by atoms with E-state index in [1.54, 1.807) is 0 Å². The van der Waals surface area contributed by atoms with Gasteiger partial charge >= 0.3 is 0 Å². The predicted octanol–water partition coefficient (Wildman–Crippen LogP) is 6.30. The molecule has 3 aromatic carbocycles. The van der Waals surface area contributed by atoms with Gasteiger partial charge in [-0.2, -0.15) is 0 Å². The molecule has 1 N–H and O–H groups in total. The zero-order chi connectivity index (χ0) is 24.2. The molecule has 178 valence electrons. The largest absolute Gasteiger partial charge is 0.491 e. The first-order chi connectivity index (χ1) is 17.1. The van der Waals surface area contributed by atoms with Crippen LogP contribution in [0.4, 0.5) is 0 Å². The van der Waals surface area contributed by atoms with E-state index in [9.17, 15) is 4.79 Å². The number of nitrogens with one attached hydrogen (secondary N) is 1. The summed E-state index contributed by atoms with van der Waals surface area (Å²) in [6.07, 6.45) is 3.91. The maximum Gasteiger partial charge on any atom is 0.254 e. The van der Waals surface area contributed by atoms with Gasteiger partial charge in [0.15, 0.2) is 0 Å². The molecular weight excluding hydrogens is 434 g/mol. The van der Waals surface area contributed by atoms with E-state index in [0.717, 1.165) is 46.6 Å². The van der Waals surface area contributed by atoms with Crippen LogP contribution in [0.2, 0.25) is 0 Å². The quantitative estimate of drug-likeness (QED) is 0.269. The molecule has 0 saturated carbocycles. The van der Waals surface area contributed by atoms with Crippen molar-refractivity contribution in [2.75, 3.05) is 13.1 Å². The highest BCUT2D eigenvalue weighted by atomic mass is 16.5. The molecule has 1 aromatic heterocycles. The molecular formula is C30H31N3O2. The Morgan fingerprint density at radius 3 is 2.34 bits per heavy atom. The molecule has 35 heavy (non-hydrogen) atoms. The molecule has 2 heterocycles. The van der Waals surface area contributed by atoms with Gasteiger partial charge in [0, 0.05) is 24.6 Å². The number of aromatic nitrogens is 2. The molecule has 0 spiro atoms. The average molecular weight is 466 g/mol. The van der Waals surface area contributed by atoms with E-state index >= 15 is 0 Å². The molecule has 1 fully saturated rings. The van der Waals surface area contributed by atoms with E-state index in [4.69, 9.17) is 9.72 Å². The topological polar surface area (TPSA) is 58.2 Å². The molecule has 1 saturated heterocycles. The maximum atomic E-state index is 13.7. The number of H-pyrrole nitrogens is 1. The Morgan fingerprint density at radius 2 is 1.66 bits per heavy atom. The number of benzene rings is 3. The number of piperidine rings is 1. The minimum absolute atomic E-state index is 0.0711. The smallest absolute Gasteiger partial charge is 0.254 e. The molecule has 0 bridgehead atoms. The fourth-order valence-corrected chi connectivity index (χ4v) is 4.66. The fraction of sp³-hybridized carbons (Fsp3) is 0.267. The number of ether oxygens (including phenoxy) is 1. The summed E-state index contributed by atoms with van der Waals surface area (Å²) in [6.45, 7) is 5.45. The van der Waals surface area contributed by atoms with Crippen molar-refractivity contribution < 1.29 is 9.53 Å². The van der Waals surface area contributed by atoms with E-state index < -0.39 is 0 Å². The summed E-state index contributed by atoms with van der Waals surface area (Å²) in [5.41, 5.74) is 4.69. The minimum Gasteiger partial charge on any atom is -0.491 e. The summed E-state index contributed by atoms with van der Waals surface area (Å²) in [5, 5.41) is 0. The third-order valence-corrected chi connectivity index (χ3v) is 6.45. The van der Waals surface area contributed by atoms with Crippen molar-refractivity contribution in [3.63, 3.8) is 0 Å². The van der Waals surface area contributed by atoms with Gasteiger partial charge in [0.05, 0.1) is 17.1 Å². The van der Waals surface area contributed by atoms with Crippen LogP contribution in [0, 0.1) is 0 Å². The second kappa shape index (κ2) is 10.2. The number of likely N-dealkylation sites (tertiary alicyclic amines) is 1.